The Balaban J connectivity index is 1.61. The Hall–Kier alpha value is -2.57. The van der Waals surface area contributed by atoms with E-state index in [9.17, 15) is 4.79 Å². The van der Waals surface area contributed by atoms with Gasteiger partial charge in [-0.05, 0) is 42.3 Å². The summed E-state index contributed by atoms with van der Waals surface area (Å²) in [6, 6.07) is 15.8. The zero-order valence-corrected chi connectivity index (χ0v) is 17.2. The predicted octanol–water partition coefficient (Wildman–Crippen LogP) is 2.83. The number of hydrogen-bond acceptors (Lipinski definition) is 5. The van der Waals surface area contributed by atoms with E-state index in [0.717, 1.165) is 35.7 Å². The first-order valence-electron chi connectivity index (χ1n) is 10.1. The fraction of sp³-hybridized carbons (Fsp3) is 0.435. The summed E-state index contributed by atoms with van der Waals surface area (Å²) in [5.41, 5.74) is 2.13. The molecule has 1 amide bonds. The monoisotopic (exact) mass is 398 g/mol. The lowest BCUT2D eigenvalue weighted by Crippen LogP contribution is -2.44. The molecule has 0 unspecified atom stereocenters. The number of nitrogens with zero attached hydrogens (tertiary/aromatic N) is 1. The number of carbonyl (C=O) groups excluding carboxylic acids is 1. The van der Waals surface area contributed by atoms with Crippen molar-refractivity contribution in [2.75, 3.05) is 46.6 Å². The summed E-state index contributed by atoms with van der Waals surface area (Å²) in [4.78, 5) is 14.9. The van der Waals surface area contributed by atoms with E-state index >= 15 is 0 Å². The van der Waals surface area contributed by atoms with Crippen molar-refractivity contribution < 1.29 is 19.0 Å². The Bertz CT molecular complexity index is 755. The van der Waals surface area contributed by atoms with Gasteiger partial charge in [-0.2, -0.15) is 0 Å². The highest BCUT2D eigenvalue weighted by atomic mass is 16.5. The average molecular weight is 399 g/mol. The van der Waals surface area contributed by atoms with Crippen molar-refractivity contribution in [3.63, 3.8) is 0 Å². The maximum atomic E-state index is 12.5. The number of nitrogens with one attached hydrogen (secondary N) is 1. The van der Waals surface area contributed by atoms with Crippen LogP contribution in [0.1, 0.15) is 24.1 Å². The third-order valence-corrected chi connectivity index (χ3v) is 5.08. The van der Waals surface area contributed by atoms with Crippen molar-refractivity contribution in [3.8, 4) is 11.5 Å². The Morgan fingerprint density at radius 3 is 2.34 bits per heavy atom. The topological polar surface area (TPSA) is 60.0 Å². The fourth-order valence-electron chi connectivity index (χ4n) is 3.50. The Morgan fingerprint density at radius 2 is 1.72 bits per heavy atom. The molecule has 2 aromatic carbocycles. The minimum Gasteiger partial charge on any atom is -0.497 e. The summed E-state index contributed by atoms with van der Waals surface area (Å²) >= 11 is 0. The van der Waals surface area contributed by atoms with E-state index < -0.39 is 0 Å². The molecule has 0 bridgehead atoms. The Kier molecular flexibility index (Phi) is 7.90. The molecule has 3 rings (SSSR count). The van der Waals surface area contributed by atoms with Gasteiger partial charge in [0, 0.05) is 19.6 Å². The van der Waals surface area contributed by atoms with Crippen LogP contribution in [0.3, 0.4) is 0 Å². The largest absolute Gasteiger partial charge is 0.497 e. The standard InChI is InChI=1S/C23H30N2O4/c1-3-29-21-8-4-18(5-9-21)16-23(26)24-17-22(25-12-14-28-15-13-25)19-6-10-20(27-2)11-7-19/h4-11,22H,3,12-17H2,1-2H3,(H,24,26)/t22-/m1/s1. The third-order valence-electron chi connectivity index (χ3n) is 5.08. The summed E-state index contributed by atoms with van der Waals surface area (Å²) in [6.07, 6.45) is 0.352. The molecule has 29 heavy (non-hydrogen) atoms. The van der Waals surface area contributed by atoms with Crippen molar-refractivity contribution in [2.24, 2.45) is 0 Å². The molecule has 0 radical (unpaired) electrons. The van der Waals surface area contributed by atoms with Crippen LogP contribution in [0.15, 0.2) is 48.5 Å². The van der Waals surface area contributed by atoms with E-state index in [1.54, 1.807) is 7.11 Å². The molecule has 1 saturated heterocycles. The van der Waals surface area contributed by atoms with Gasteiger partial charge in [-0.1, -0.05) is 24.3 Å². The molecular formula is C23H30N2O4. The molecule has 1 fully saturated rings. The molecule has 0 saturated carbocycles. The van der Waals surface area contributed by atoms with Crippen molar-refractivity contribution in [3.05, 3.63) is 59.7 Å². The zero-order valence-electron chi connectivity index (χ0n) is 17.2. The van der Waals surface area contributed by atoms with Gasteiger partial charge in [0.25, 0.3) is 0 Å². The molecule has 1 heterocycles. The van der Waals surface area contributed by atoms with Crippen LogP contribution in [-0.4, -0.2) is 57.4 Å². The normalized spacial score (nSPS) is 15.5. The van der Waals surface area contributed by atoms with Crippen LogP contribution < -0.4 is 14.8 Å². The van der Waals surface area contributed by atoms with E-state index in [1.165, 1.54) is 0 Å². The van der Waals surface area contributed by atoms with Crippen molar-refractivity contribution in [2.45, 2.75) is 19.4 Å². The van der Waals surface area contributed by atoms with Gasteiger partial charge in [0.15, 0.2) is 0 Å². The van der Waals surface area contributed by atoms with Crippen LogP contribution in [0.4, 0.5) is 0 Å². The first-order chi connectivity index (χ1) is 14.2. The summed E-state index contributed by atoms with van der Waals surface area (Å²) < 4.78 is 16.2. The van der Waals surface area contributed by atoms with Gasteiger partial charge in [0.1, 0.15) is 11.5 Å². The van der Waals surface area contributed by atoms with Crippen LogP contribution >= 0.6 is 0 Å². The molecule has 156 valence electrons. The van der Waals surface area contributed by atoms with E-state index in [4.69, 9.17) is 14.2 Å². The van der Waals surface area contributed by atoms with Crippen molar-refractivity contribution in [1.29, 1.82) is 0 Å². The van der Waals surface area contributed by atoms with Gasteiger partial charge in [-0.3, -0.25) is 9.69 Å². The number of carbonyl (C=O) groups is 1. The third kappa shape index (κ3) is 6.21. The molecular weight excluding hydrogens is 368 g/mol. The molecule has 1 N–H and O–H groups in total. The lowest BCUT2D eigenvalue weighted by atomic mass is 10.0. The maximum absolute atomic E-state index is 12.5. The number of benzene rings is 2. The second-order valence-corrected chi connectivity index (χ2v) is 7.00. The number of morpholine rings is 1. The number of rotatable bonds is 9. The van der Waals surface area contributed by atoms with Crippen LogP contribution in [0.2, 0.25) is 0 Å². The molecule has 6 heteroatoms. The second-order valence-electron chi connectivity index (χ2n) is 7.00. The van der Waals surface area contributed by atoms with Gasteiger partial charge in [0.2, 0.25) is 5.91 Å². The van der Waals surface area contributed by atoms with Crippen LogP contribution in [-0.2, 0) is 16.0 Å². The fourth-order valence-corrected chi connectivity index (χ4v) is 3.50. The first-order valence-corrected chi connectivity index (χ1v) is 10.1. The summed E-state index contributed by atoms with van der Waals surface area (Å²) in [7, 11) is 1.66. The van der Waals surface area contributed by atoms with E-state index in [1.807, 2.05) is 43.3 Å². The molecule has 1 atom stereocenters. The number of amides is 1. The van der Waals surface area contributed by atoms with E-state index in [-0.39, 0.29) is 11.9 Å². The summed E-state index contributed by atoms with van der Waals surface area (Å²) in [5, 5.41) is 3.11. The quantitative estimate of drug-likeness (QED) is 0.704. The summed E-state index contributed by atoms with van der Waals surface area (Å²) in [6.45, 7) is 6.28. The van der Waals surface area contributed by atoms with Gasteiger partial charge in [0.05, 0.1) is 39.4 Å². The minimum absolute atomic E-state index is 0.0148. The summed E-state index contributed by atoms with van der Waals surface area (Å²) in [5.74, 6) is 1.67. The van der Waals surface area contributed by atoms with Gasteiger partial charge < -0.3 is 19.5 Å². The molecule has 0 aliphatic carbocycles. The van der Waals surface area contributed by atoms with Gasteiger partial charge in [-0.15, -0.1) is 0 Å². The zero-order chi connectivity index (χ0) is 20.5. The van der Waals surface area contributed by atoms with Gasteiger partial charge in [-0.25, -0.2) is 0 Å². The molecule has 2 aromatic rings. The highest BCUT2D eigenvalue weighted by Gasteiger charge is 2.23. The van der Waals surface area contributed by atoms with E-state index in [0.29, 0.717) is 32.8 Å². The van der Waals surface area contributed by atoms with Crippen LogP contribution in [0.25, 0.3) is 0 Å². The molecule has 6 nitrogen and oxygen atoms in total. The highest BCUT2D eigenvalue weighted by molar-refractivity contribution is 5.78. The Morgan fingerprint density at radius 1 is 1.07 bits per heavy atom. The SMILES string of the molecule is CCOc1ccc(CC(=O)NC[C@H](c2ccc(OC)cc2)N2CCOCC2)cc1. The van der Waals surface area contributed by atoms with E-state index in [2.05, 4.69) is 22.3 Å². The number of hydrogen-bond donors (Lipinski definition) is 1. The average Bonchev–Trinajstić information content (AvgIpc) is 2.77. The molecule has 1 aliphatic heterocycles. The molecule has 0 spiro atoms. The smallest absolute Gasteiger partial charge is 0.224 e. The van der Waals surface area contributed by atoms with Crippen molar-refractivity contribution in [1.82, 2.24) is 10.2 Å². The van der Waals surface area contributed by atoms with Crippen LogP contribution in [0.5, 0.6) is 11.5 Å². The first kappa shape index (κ1) is 21.1. The van der Waals surface area contributed by atoms with Gasteiger partial charge >= 0.3 is 0 Å². The van der Waals surface area contributed by atoms with Crippen LogP contribution in [0, 0.1) is 0 Å². The molecule has 1 aliphatic rings. The molecule has 0 aromatic heterocycles. The lowest BCUT2D eigenvalue weighted by Gasteiger charge is -2.35. The highest BCUT2D eigenvalue weighted by Crippen LogP contribution is 2.23. The maximum Gasteiger partial charge on any atom is 0.224 e. The number of methoxy groups -OCH3 is 1. The Labute approximate surface area is 172 Å². The lowest BCUT2D eigenvalue weighted by molar-refractivity contribution is -0.120. The second kappa shape index (κ2) is 10.8. The van der Waals surface area contributed by atoms with Crippen molar-refractivity contribution >= 4 is 5.91 Å². The number of ether oxygens (including phenoxy) is 3. The predicted molar refractivity (Wildman–Crippen MR) is 112 cm³/mol. The minimum atomic E-state index is 0.0148.